The summed E-state index contributed by atoms with van der Waals surface area (Å²) in [7, 11) is 3.34. The molecular formula is C20H26O3W. The summed E-state index contributed by atoms with van der Waals surface area (Å²) in [5.74, 6) is 1.77. The molecular weight excluding hydrogens is 472 g/mol. The Labute approximate surface area is 159 Å². The second kappa shape index (κ2) is 9.24. The van der Waals surface area contributed by atoms with E-state index in [0.29, 0.717) is 0 Å². The first kappa shape index (κ1) is 20.7. The van der Waals surface area contributed by atoms with E-state index in [9.17, 15) is 0 Å². The van der Waals surface area contributed by atoms with Gasteiger partial charge in [-0.1, -0.05) is 45.0 Å². The van der Waals surface area contributed by atoms with Crippen molar-refractivity contribution in [1.29, 1.82) is 0 Å². The van der Waals surface area contributed by atoms with Gasteiger partial charge in [0.25, 0.3) is 0 Å². The van der Waals surface area contributed by atoms with Crippen molar-refractivity contribution >= 4 is 0 Å². The molecule has 2 rings (SSSR count). The number of aryl methyl sites for hydroxylation is 1. The summed E-state index contributed by atoms with van der Waals surface area (Å²) in [6.45, 7) is 6.89. The van der Waals surface area contributed by atoms with Gasteiger partial charge in [0, 0.05) is 33.6 Å². The summed E-state index contributed by atoms with van der Waals surface area (Å²) in [5.41, 5.74) is 3.67. The third kappa shape index (κ3) is 4.61. The van der Waals surface area contributed by atoms with E-state index in [-0.39, 0.29) is 33.3 Å². The standard InChI is InChI=1S/C20H26O3.W/c1-6-15-13-17(9-12-19(15)22-5)20(2,3)16-7-10-18(11-8-16)23-14-21-4;/h7-13H,6,14H2,1-5H3;. The second-order valence-electron chi connectivity index (χ2n) is 6.08. The van der Waals surface area contributed by atoms with E-state index >= 15 is 0 Å². The summed E-state index contributed by atoms with van der Waals surface area (Å²) in [4.78, 5) is 0. The van der Waals surface area contributed by atoms with Crippen LogP contribution in [0.25, 0.3) is 0 Å². The Morgan fingerprint density at radius 2 is 1.54 bits per heavy atom. The molecule has 0 aromatic heterocycles. The van der Waals surface area contributed by atoms with Crippen LogP contribution in [0.5, 0.6) is 11.5 Å². The number of hydrogen-bond acceptors (Lipinski definition) is 3. The molecule has 0 radical (unpaired) electrons. The van der Waals surface area contributed by atoms with Gasteiger partial charge < -0.3 is 14.2 Å². The van der Waals surface area contributed by atoms with Crippen LogP contribution in [-0.4, -0.2) is 21.0 Å². The van der Waals surface area contributed by atoms with Crippen molar-refractivity contribution in [2.45, 2.75) is 32.6 Å². The molecule has 24 heavy (non-hydrogen) atoms. The van der Waals surface area contributed by atoms with Crippen LogP contribution in [0.1, 0.15) is 37.5 Å². The summed E-state index contributed by atoms with van der Waals surface area (Å²) in [6, 6.07) is 14.6. The third-order valence-corrected chi connectivity index (χ3v) is 4.30. The first-order valence-corrected chi connectivity index (χ1v) is 7.92. The van der Waals surface area contributed by atoms with E-state index in [1.807, 2.05) is 12.1 Å². The number of benzene rings is 2. The predicted octanol–water partition coefficient (Wildman–Crippen LogP) is 4.56. The van der Waals surface area contributed by atoms with Crippen molar-refractivity contribution in [2.75, 3.05) is 21.0 Å². The Kier molecular flexibility index (Phi) is 7.99. The minimum atomic E-state index is -0.0873. The van der Waals surface area contributed by atoms with Gasteiger partial charge in [-0.3, -0.25) is 0 Å². The monoisotopic (exact) mass is 498 g/mol. The molecule has 0 aliphatic heterocycles. The molecule has 0 spiro atoms. The molecule has 130 valence electrons. The number of methoxy groups -OCH3 is 2. The summed E-state index contributed by atoms with van der Waals surface area (Å²) >= 11 is 0. The molecule has 0 unspecified atom stereocenters. The van der Waals surface area contributed by atoms with Gasteiger partial charge in [0.1, 0.15) is 11.5 Å². The van der Waals surface area contributed by atoms with Crippen LogP contribution in [0.2, 0.25) is 0 Å². The summed E-state index contributed by atoms with van der Waals surface area (Å²) in [5, 5.41) is 0. The van der Waals surface area contributed by atoms with E-state index in [4.69, 9.17) is 14.2 Å². The number of ether oxygens (including phenoxy) is 3. The molecule has 0 aliphatic rings. The van der Waals surface area contributed by atoms with Crippen LogP contribution in [0.4, 0.5) is 0 Å². The Bertz CT molecular complexity index is 636. The fraction of sp³-hybridized carbons (Fsp3) is 0.400. The van der Waals surface area contributed by atoms with Gasteiger partial charge in [0.05, 0.1) is 7.11 Å². The van der Waals surface area contributed by atoms with Crippen LogP contribution >= 0.6 is 0 Å². The molecule has 0 aliphatic carbocycles. The maximum absolute atomic E-state index is 5.46. The SMILES string of the molecule is CCc1cc(C(C)(C)c2ccc(OCOC)cc2)ccc1OC.[W]. The van der Waals surface area contributed by atoms with E-state index in [0.717, 1.165) is 17.9 Å². The summed E-state index contributed by atoms with van der Waals surface area (Å²) in [6.07, 6.45) is 0.955. The van der Waals surface area contributed by atoms with Gasteiger partial charge in [0.2, 0.25) is 0 Å². The zero-order valence-corrected chi connectivity index (χ0v) is 18.0. The third-order valence-electron chi connectivity index (χ3n) is 4.30. The van der Waals surface area contributed by atoms with E-state index < -0.39 is 0 Å². The van der Waals surface area contributed by atoms with Crippen molar-refractivity contribution in [3.05, 3.63) is 59.2 Å². The molecule has 0 heterocycles. The van der Waals surface area contributed by atoms with Gasteiger partial charge in [-0.05, 0) is 41.3 Å². The maximum atomic E-state index is 5.46. The number of hydrogen-bond donors (Lipinski definition) is 0. The van der Waals surface area contributed by atoms with Crippen LogP contribution in [0, 0.1) is 0 Å². The van der Waals surface area contributed by atoms with E-state index in [2.05, 4.69) is 51.1 Å². The molecule has 2 aromatic carbocycles. The predicted molar refractivity (Wildman–Crippen MR) is 93.4 cm³/mol. The molecule has 0 fully saturated rings. The average molecular weight is 498 g/mol. The van der Waals surface area contributed by atoms with Crippen LogP contribution in [0.15, 0.2) is 42.5 Å². The molecule has 0 saturated carbocycles. The summed E-state index contributed by atoms with van der Waals surface area (Å²) < 4.78 is 15.8. The molecule has 3 nitrogen and oxygen atoms in total. The molecule has 0 N–H and O–H groups in total. The quantitative estimate of drug-likeness (QED) is 0.524. The molecule has 0 atom stereocenters. The van der Waals surface area contributed by atoms with Gasteiger partial charge in [-0.2, -0.15) is 0 Å². The van der Waals surface area contributed by atoms with Gasteiger partial charge in [-0.25, -0.2) is 0 Å². The molecule has 0 amide bonds. The van der Waals surface area contributed by atoms with Gasteiger partial charge in [-0.15, -0.1) is 0 Å². The first-order chi connectivity index (χ1) is 11.0. The molecule has 2 aromatic rings. The van der Waals surface area contributed by atoms with Crippen molar-refractivity contribution in [3.8, 4) is 11.5 Å². The molecule has 0 saturated heterocycles. The second-order valence-corrected chi connectivity index (χ2v) is 6.08. The normalized spacial score (nSPS) is 10.9. The zero-order valence-electron chi connectivity index (χ0n) is 15.1. The molecule has 0 bridgehead atoms. The van der Waals surface area contributed by atoms with Crippen LogP contribution in [0.3, 0.4) is 0 Å². The minimum Gasteiger partial charge on any atom is -0.496 e. The van der Waals surface area contributed by atoms with Crippen LogP contribution in [-0.2, 0) is 37.6 Å². The zero-order chi connectivity index (χ0) is 16.9. The Morgan fingerprint density at radius 3 is 2.08 bits per heavy atom. The average Bonchev–Trinajstić information content (AvgIpc) is 2.59. The largest absolute Gasteiger partial charge is 0.496 e. The van der Waals surface area contributed by atoms with Crippen molar-refractivity contribution < 1.29 is 35.3 Å². The topological polar surface area (TPSA) is 27.7 Å². The Balaban J connectivity index is 0.00000288. The fourth-order valence-electron chi connectivity index (χ4n) is 2.71. The van der Waals surface area contributed by atoms with Crippen LogP contribution < -0.4 is 9.47 Å². The number of rotatable bonds is 7. The van der Waals surface area contributed by atoms with Gasteiger partial charge >= 0.3 is 0 Å². The molecule has 4 heteroatoms. The van der Waals surface area contributed by atoms with E-state index in [1.165, 1.54) is 16.7 Å². The fourth-order valence-corrected chi connectivity index (χ4v) is 2.71. The maximum Gasteiger partial charge on any atom is 0.188 e. The first-order valence-electron chi connectivity index (χ1n) is 7.92. The minimum absolute atomic E-state index is 0. The Hall–Kier alpha value is -1.31. The van der Waals surface area contributed by atoms with Gasteiger partial charge in [0.15, 0.2) is 6.79 Å². The van der Waals surface area contributed by atoms with Crippen molar-refractivity contribution in [3.63, 3.8) is 0 Å². The van der Waals surface area contributed by atoms with Crippen molar-refractivity contribution in [2.24, 2.45) is 0 Å². The van der Waals surface area contributed by atoms with Crippen molar-refractivity contribution in [1.82, 2.24) is 0 Å². The Morgan fingerprint density at radius 1 is 0.917 bits per heavy atom. The smallest absolute Gasteiger partial charge is 0.188 e. The van der Waals surface area contributed by atoms with E-state index in [1.54, 1.807) is 14.2 Å².